The lowest BCUT2D eigenvalue weighted by Crippen LogP contribution is -2.56. The van der Waals surface area contributed by atoms with Crippen LogP contribution in [0.5, 0.6) is 0 Å². The molecule has 1 heterocycles. The van der Waals surface area contributed by atoms with Gasteiger partial charge in [-0.1, -0.05) is 0 Å². The van der Waals surface area contributed by atoms with Gasteiger partial charge in [-0.2, -0.15) is 0 Å². The third-order valence-corrected chi connectivity index (χ3v) is 3.37. The van der Waals surface area contributed by atoms with E-state index in [9.17, 15) is 19.2 Å². The number of hydrogen-bond donors (Lipinski definition) is 7. The van der Waals surface area contributed by atoms with Crippen molar-refractivity contribution in [1.82, 2.24) is 25.9 Å². The highest BCUT2D eigenvalue weighted by Crippen LogP contribution is 2.01. The highest BCUT2D eigenvalue weighted by molar-refractivity contribution is 5.93. The van der Waals surface area contributed by atoms with Crippen LogP contribution in [-0.2, 0) is 25.6 Å². The van der Waals surface area contributed by atoms with E-state index in [1.807, 2.05) is 0 Å². The molecule has 0 radical (unpaired) electrons. The first-order valence-corrected chi connectivity index (χ1v) is 7.69. The van der Waals surface area contributed by atoms with Crippen LogP contribution >= 0.6 is 0 Å². The smallest absolute Gasteiger partial charge is 0.328 e. The van der Waals surface area contributed by atoms with Gasteiger partial charge in [-0.15, -0.1) is 0 Å². The maximum absolute atomic E-state index is 12.3. The van der Waals surface area contributed by atoms with Crippen LogP contribution in [0.25, 0.3) is 0 Å². The van der Waals surface area contributed by atoms with Crippen molar-refractivity contribution in [2.45, 2.75) is 31.5 Å². The van der Waals surface area contributed by atoms with Crippen LogP contribution in [0.2, 0.25) is 0 Å². The Morgan fingerprint density at radius 1 is 1.19 bits per heavy atom. The maximum Gasteiger partial charge on any atom is 0.328 e. The van der Waals surface area contributed by atoms with Crippen molar-refractivity contribution in [1.29, 1.82) is 0 Å². The molecule has 0 bridgehead atoms. The number of aliphatic hydroxyl groups is 1. The van der Waals surface area contributed by atoms with Gasteiger partial charge in [0.25, 0.3) is 0 Å². The predicted molar refractivity (Wildman–Crippen MR) is 87.5 cm³/mol. The maximum atomic E-state index is 12.3. The Labute approximate surface area is 148 Å². The van der Waals surface area contributed by atoms with Gasteiger partial charge in [-0.25, -0.2) is 9.78 Å². The molecular weight excluding hydrogens is 348 g/mol. The van der Waals surface area contributed by atoms with E-state index in [0.717, 1.165) is 0 Å². The summed E-state index contributed by atoms with van der Waals surface area (Å²) >= 11 is 0. The largest absolute Gasteiger partial charge is 0.480 e. The van der Waals surface area contributed by atoms with Gasteiger partial charge in [0.2, 0.25) is 17.7 Å². The first-order chi connectivity index (χ1) is 12.3. The third kappa shape index (κ3) is 6.49. The lowest BCUT2D eigenvalue weighted by atomic mass is 10.1. The lowest BCUT2D eigenvalue weighted by Gasteiger charge is -2.22. The van der Waals surface area contributed by atoms with E-state index in [0.29, 0.717) is 5.69 Å². The molecule has 0 aliphatic rings. The summed E-state index contributed by atoms with van der Waals surface area (Å²) in [4.78, 5) is 53.3. The van der Waals surface area contributed by atoms with Crippen molar-refractivity contribution in [3.05, 3.63) is 18.2 Å². The number of H-pyrrole nitrogens is 1. The molecule has 3 unspecified atom stereocenters. The molecule has 0 fully saturated rings. The van der Waals surface area contributed by atoms with Gasteiger partial charge in [-0.05, 0) is 6.92 Å². The summed E-state index contributed by atoms with van der Waals surface area (Å²) in [6, 6.07) is -3.64. The van der Waals surface area contributed by atoms with Gasteiger partial charge in [0.1, 0.15) is 18.1 Å². The monoisotopic (exact) mass is 370 g/mol. The summed E-state index contributed by atoms with van der Waals surface area (Å²) in [6.45, 7) is 0.295. The van der Waals surface area contributed by atoms with E-state index in [2.05, 4.69) is 25.9 Å². The van der Waals surface area contributed by atoms with Gasteiger partial charge < -0.3 is 36.9 Å². The summed E-state index contributed by atoms with van der Waals surface area (Å²) in [5.74, 6) is -3.45. The number of aliphatic carboxylic acids is 1. The Kier molecular flexibility index (Phi) is 8.18. The highest BCUT2D eigenvalue weighted by Gasteiger charge is 2.28. The number of nitrogens with two attached hydrogens (primary N) is 1. The summed E-state index contributed by atoms with van der Waals surface area (Å²) < 4.78 is 0. The molecule has 0 spiro atoms. The molecule has 1 aromatic heterocycles. The number of aromatic amines is 1. The Morgan fingerprint density at radius 3 is 2.35 bits per heavy atom. The summed E-state index contributed by atoms with van der Waals surface area (Å²) in [5.41, 5.74) is 5.67. The number of carboxylic acids is 1. The van der Waals surface area contributed by atoms with E-state index in [-0.39, 0.29) is 13.0 Å². The minimum atomic E-state index is -1.52. The lowest BCUT2D eigenvalue weighted by molar-refractivity contribution is -0.143. The number of hydrogen-bond acceptors (Lipinski definition) is 7. The van der Waals surface area contributed by atoms with Crippen molar-refractivity contribution in [3.8, 4) is 0 Å². The average Bonchev–Trinajstić information content (AvgIpc) is 3.11. The molecule has 1 aromatic rings. The fourth-order valence-corrected chi connectivity index (χ4v) is 1.95. The summed E-state index contributed by atoms with van der Waals surface area (Å²) in [7, 11) is 0. The molecule has 8 N–H and O–H groups in total. The van der Waals surface area contributed by atoms with Crippen LogP contribution in [0.4, 0.5) is 0 Å². The van der Waals surface area contributed by atoms with Crippen molar-refractivity contribution in [3.63, 3.8) is 0 Å². The predicted octanol–water partition coefficient (Wildman–Crippen LogP) is -3.54. The molecule has 3 atom stereocenters. The average molecular weight is 370 g/mol. The van der Waals surface area contributed by atoms with Gasteiger partial charge in [0.05, 0.1) is 19.5 Å². The Morgan fingerprint density at radius 2 is 1.85 bits per heavy atom. The molecule has 0 aliphatic carbocycles. The van der Waals surface area contributed by atoms with E-state index in [1.54, 1.807) is 0 Å². The van der Waals surface area contributed by atoms with Crippen molar-refractivity contribution >= 4 is 23.7 Å². The molecule has 144 valence electrons. The normalized spacial score (nSPS) is 14.0. The zero-order chi connectivity index (χ0) is 19.7. The molecule has 0 aliphatic heterocycles. The first kappa shape index (κ1) is 21.1. The Hall–Kier alpha value is -2.99. The van der Waals surface area contributed by atoms with Crippen molar-refractivity contribution in [2.24, 2.45) is 5.73 Å². The fourth-order valence-electron chi connectivity index (χ4n) is 1.95. The van der Waals surface area contributed by atoms with Crippen molar-refractivity contribution < 1.29 is 29.4 Å². The SMILES string of the molecule is CC(NC(=O)CN)C(=O)NC(Cc1cnc[nH]1)C(=O)NC(CO)C(=O)O. The highest BCUT2D eigenvalue weighted by atomic mass is 16.4. The molecule has 0 saturated carbocycles. The number of rotatable bonds is 10. The summed E-state index contributed by atoms with van der Waals surface area (Å²) in [6.07, 6.45) is 2.81. The molecule has 0 saturated heterocycles. The standard InChI is InChI=1S/C14H22N6O6/c1-7(18-11(22)3-15)12(23)19-9(2-8-4-16-6-17-8)13(24)20-10(5-21)14(25)26/h4,6-7,9-10,21H,2-3,5,15H2,1H3,(H,16,17)(H,18,22)(H,19,23)(H,20,24)(H,25,26). The van der Waals surface area contributed by atoms with Crippen LogP contribution in [0.1, 0.15) is 12.6 Å². The van der Waals surface area contributed by atoms with Gasteiger partial charge in [0.15, 0.2) is 0 Å². The number of carbonyl (C=O) groups is 4. The minimum Gasteiger partial charge on any atom is -0.480 e. The van der Waals surface area contributed by atoms with Gasteiger partial charge in [0, 0.05) is 18.3 Å². The number of amides is 3. The molecule has 12 nitrogen and oxygen atoms in total. The number of imidazole rings is 1. The number of nitrogens with one attached hydrogen (secondary N) is 4. The fraction of sp³-hybridized carbons (Fsp3) is 0.500. The second-order valence-corrected chi connectivity index (χ2v) is 5.42. The van der Waals surface area contributed by atoms with E-state index < -0.39 is 48.4 Å². The van der Waals surface area contributed by atoms with Gasteiger partial charge in [-0.3, -0.25) is 14.4 Å². The number of carboxylic acid groups (broad SMARTS) is 1. The van der Waals surface area contributed by atoms with E-state index in [4.69, 9.17) is 15.9 Å². The molecule has 3 amide bonds. The number of aromatic nitrogens is 2. The second kappa shape index (κ2) is 10.1. The molecule has 0 aromatic carbocycles. The van der Waals surface area contributed by atoms with Crippen LogP contribution in [0.3, 0.4) is 0 Å². The molecule has 26 heavy (non-hydrogen) atoms. The first-order valence-electron chi connectivity index (χ1n) is 7.69. The number of carbonyl (C=O) groups excluding carboxylic acids is 3. The Balaban J connectivity index is 2.83. The van der Waals surface area contributed by atoms with Crippen LogP contribution < -0.4 is 21.7 Å². The number of aliphatic hydroxyl groups excluding tert-OH is 1. The van der Waals surface area contributed by atoms with E-state index >= 15 is 0 Å². The minimum absolute atomic E-state index is 0.00705. The van der Waals surface area contributed by atoms with Crippen LogP contribution in [0.15, 0.2) is 12.5 Å². The van der Waals surface area contributed by atoms with Crippen LogP contribution in [-0.4, -0.2) is 75.1 Å². The number of nitrogens with zero attached hydrogens (tertiary/aromatic N) is 1. The van der Waals surface area contributed by atoms with E-state index in [1.165, 1.54) is 19.4 Å². The zero-order valence-corrected chi connectivity index (χ0v) is 14.1. The molecular formula is C14H22N6O6. The Bertz CT molecular complexity index is 634. The van der Waals surface area contributed by atoms with Crippen LogP contribution in [0, 0.1) is 0 Å². The zero-order valence-electron chi connectivity index (χ0n) is 14.1. The summed E-state index contributed by atoms with van der Waals surface area (Å²) in [5, 5.41) is 24.8. The second-order valence-electron chi connectivity index (χ2n) is 5.42. The van der Waals surface area contributed by atoms with Gasteiger partial charge >= 0.3 is 5.97 Å². The molecule has 1 rings (SSSR count). The topological polar surface area (TPSA) is 200 Å². The molecule has 12 heteroatoms. The van der Waals surface area contributed by atoms with Crippen molar-refractivity contribution in [2.75, 3.05) is 13.2 Å². The third-order valence-electron chi connectivity index (χ3n) is 3.37. The quantitative estimate of drug-likeness (QED) is 0.219.